The Morgan fingerprint density at radius 1 is 0.886 bits per heavy atom. The third-order valence-electron chi connectivity index (χ3n) is 6.32. The van der Waals surface area contributed by atoms with Crippen LogP contribution >= 0.6 is 0 Å². The predicted octanol–water partition coefficient (Wildman–Crippen LogP) is 6.47. The first-order valence-electron chi connectivity index (χ1n) is 11.9. The molecule has 5 nitrogen and oxygen atoms in total. The molecule has 0 saturated heterocycles. The number of aromatic nitrogens is 1. The fourth-order valence-electron chi connectivity index (χ4n) is 4.64. The molecule has 4 aromatic rings. The smallest absolute Gasteiger partial charge is 0.336 e. The molecule has 0 unspecified atom stereocenters. The predicted molar refractivity (Wildman–Crippen MR) is 138 cm³/mol. The molecule has 1 aromatic heterocycles. The first kappa shape index (κ1) is 24.1. The van der Waals surface area contributed by atoms with Gasteiger partial charge >= 0.3 is 11.9 Å². The highest BCUT2D eigenvalue weighted by atomic mass is 16.4. The van der Waals surface area contributed by atoms with Crippen molar-refractivity contribution in [1.29, 1.82) is 0 Å². The molecule has 0 aliphatic heterocycles. The SMILES string of the molecule is CCCc1nc2ccc(C)cc2c(CCC(=O)O)c1Cc1ccc(-c2ccccc2C(=O)O)cc1. The maximum Gasteiger partial charge on any atom is 0.336 e. The largest absolute Gasteiger partial charge is 0.481 e. The molecule has 5 heteroatoms. The maximum atomic E-state index is 11.6. The second kappa shape index (κ2) is 10.5. The maximum absolute atomic E-state index is 11.6. The molecule has 0 aliphatic carbocycles. The van der Waals surface area contributed by atoms with E-state index in [0.717, 1.165) is 57.3 Å². The summed E-state index contributed by atoms with van der Waals surface area (Å²) >= 11 is 0. The summed E-state index contributed by atoms with van der Waals surface area (Å²) in [5, 5.41) is 20.0. The lowest BCUT2D eigenvalue weighted by molar-refractivity contribution is -0.136. The summed E-state index contributed by atoms with van der Waals surface area (Å²) in [7, 11) is 0. The zero-order valence-corrected chi connectivity index (χ0v) is 20.0. The fourth-order valence-corrected chi connectivity index (χ4v) is 4.64. The molecule has 0 saturated carbocycles. The van der Waals surface area contributed by atoms with Crippen molar-refractivity contribution in [3.8, 4) is 11.1 Å². The van der Waals surface area contributed by atoms with Crippen LogP contribution in [0.2, 0.25) is 0 Å². The minimum absolute atomic E-state index is 0.0660. The number of nitrogens with zero attached hydrogens (tertiary/aromatic N) is 1. The van der Waals surface area contributed by atoms with E-state index in [1.165, 1.54) is 0 Å². The van der Waals surface area contributed by atoms with Gasteiger partial charge in [-0.15, -0.1) is 0 Å². The van der Waals surface area contributed by atoms with E-state index in [2.05, 4.69) is 13.0 Å². The second-order valence-corrected chi connectivity index (χ2v) is 8.90. The molecule has 3 aromatic carbocycles. The minimum Gasteiger partial charge on any atom is -0.481 e. The molecule has 1 heterocycles. The van der Waals surface area contributed by atoms with Crippen LogP contribution in [0.1, 0.15) is 58.1 Å². The highest BCUT2D eigenvalue weighted by molar-refractivity contribution is 5.96. The highest BCUT2D eigenvalue weighted by Crippen LogP contribution is 2.30. The number of carboxylic acids is 2. The molecule has 0 spiro atoms. The Kier molecular flexibility index (Phi) is 7.25. The highest BCUT2D eigenvalue weighted by Gasteiger charge is 2.17. The number of aryl methyl sites for hydroxylation is 3. The molecular weight excluding hydrogens is 438 g/mol. The van der Waals surface area contributed by atoms with E-state index in [1.54, 1.807) is 12.1 Å². The van der Waals surface area contributed by atoms with E-state index in [0.29, 0.717) is 18.4 Å². The van der Waals surface area contributed by atoms with Crippen molar-refractivity contribution in [3.63, 3.8) is 0 Å². The van der Waals surface area contributed by atoms with Gasteiger partial charge in [0.25, 0.3) is 0 Å². The third kappa shape index (κ3) is 5.40. The van der Waals surface area contributed by atoms with Crippen LogP contribution < -0.4 is 0 Å². The normalized spacial score (nSPS) is 11.0. The van der Waals surface area contributed by atoms with Gasteiger partial charge in [0.1, 0.15) is 0 Å². The topological polar surface area (TPSA) is 87.5 Å². The second-order valence-electron chi connectivity index (χ2n) is 8.90. The number of hydrogen-bond acceptors (Lipinski definition) is 3. The number of carbonyl (C=O) groups is 2. The molecule has 0 fully saturated rings. The Hall–Kier alpha value is -3.99. The summed E-state index contributed by atoms with van der Waals surface area (Å²) < 4.78 is 0. The minimum atomic E-state index is -0.950. The summed E-state index contributed by atoms with van der Waals surface area (Å²) in [4.78, 5) is 28.1. The number of aliphatic carboxylic acids is 1. The number of carboxylic acid groups (broad SMARTS) is 2. The average Bonchev–Trinajstić information content (AvgIpc) is 2.84. The summed E-state index contributed by atoms with van der Waals surface area (Å²) in [5.41, 5.74) is 8.08. The number of pyridine rings is 1. The van der Waals surface area contributed by atoms with Crippen molar-refractivity contribution in [2.75, 3.05) is 0 Å². The van der Waals surface area contributed by atoms with Gasteiger partial charge in [0.05, 0.1) is 11.1 Å². The monoisotopic (exact) mass is 467 g/mol. The molecule has 0 bridgehead atoms. The van der Waals surface area contributed by atoms with Crippen LogP contribution in [-0.2, 0) is 24.1 Å². The summed E-state index contributed by atoms with van der Waals surface area (Å²) in [5.74, 6) is -1.76. The molecule has 178 valence electrons. The zero-order chi connectivity index (χ0) is 24.9. The van der Waals surface area contributed by atoms with Gasteiger partial charge in [0.2, 0.25) is 0 Å². The van der Waals surface area contributed by atoms with Crippen molar-refractivity contribution in [2.24, 2.45) is 0 Å². The Morgan fingerprint density at radius 2 is 1.63 bits per heavy atom. The van der Waals surface area contributed by atoms with Gasteiger partial charge in [-0.1, -0.05) is 67.4 Å². The molecule has 4 rings (SSSR count). The lowest BCUT2D eigenvalue weighted by Gasteiger charge is -2.18. The van der Waals surface area contributed by atoms with Gasteiger partial charge < -0.3 is 10.2 Å². The van der Waals surface area contributed by atoms with E-state index < -0.39 is 11.9 Å². The van der Waals surface area contributed by atoms with Gasteiger partial charge in [-0.05, 0) is 72.2 Å². The van der Waals surface area contributed by atoms with Crippen molar-refractivity contribution in [3.05, 3.63) is 100 Å². The van der Waals surface area contributed by atoms with Crippen LogP contribution in [0.3, 0.4) is 0 Å². The molecule has 35 heavy (non-hydrogen) atoms. The third-order valence-corrected chi connectivity index (χ3v) is 6.32. The fraction of sp³-hybridized carbons (Fsp3) is 0.233. The van der Waals surface area contributed by atoms with Crippen LogP contribution in [0.25, 0.3) is 22.0 Å². The Morgan fingerprint density at radius 3 is 2.31 bits per heavy atom. The lowest BCUT2D eigenvalue weighted by atomic mass is 9.90. The van der Waals surface area contributed by atoms with Crippen molar-refractivity contribution >= 4 is 22.8 Å². The molecule has 2 N–H and O–H groups in total. The van der Waals surface area contributed by atoms with E-state index in [4.69, 9.17) is 4.98 Å². The average molecular weight is 468 g/mol. The lowest BCUT2D eigenvalue weighted by Crippen LogP contribution is -2.08. The summed E-state index contributed by atoms with van der Waals surface area (Å²) in [6, 6.07) is 21.1. The van der Waals surface area contributed by atoms with E-state index in [-0.39, 0.29) is 12.0 Å². The van der Waals surface area contributed by atoms with Crippen LogP contribution in [-0.4, -0.2) is 27.1 Å². The van der Waals surface area contributed by atoms with Crippen LogP contribution in [0.4, 0.5) is 0 Å². The van der Waals surface area contributed by atoms with Gasteiger partial charge in [0, 0.05) is 17.5 Å². The van der Waals surface area contributed by atoms with Crippen molar-refractivity contribution in [2.45, 2.75) is 46.0 Å². The zero-order valence-electron chi connectivity index (χ0n) is 20.0. The van der Waals surface area contributed by atoms with Gasteiger partial charge in [-0.25, -0.2) is 4.79 Å². The quantitative estimate of drug-likeness (QED) is 0.295. The Labute approximate surface area is 205 Å². The molecule has 0 radical (unpaired) electrons. The Bertz CT molecular complexity index is 1390. The number of fused-ring (bicyclic) bond motifs is 1. The van der Waals surface area contributed by atoms with Crippen molar-refractivity contribution < 1.29 is 19.8 Å². The standard InChI is InChI=1S/C30H29NO4/c1-3-6-27-26(23(14-16-29(32)33)25-17-19(2)9-15-28(25)31-27)18-20-10-12-21(13-11-20)22-7-4-5-8-24(22)30(34)35/h4-5,7-13,15,17H,3,6,14,16,18H2,1-2H3,(H,32,33)(H,34,35). The Balaban J connectivity index is 1.77. The molecular formula is C30H29NO4. The van der Waals surface area contributed by atoms with Gasteiger partial charge in [-0.3, -0.25) is 9.78 Å². The number of hydrogen-bond donors (Lipinski definition) is 2. The molecule has 0 amide bonds. The summed E-state index contributed by atoms with van der Waals surface area (Å²) in [6.45, 7) is 4.16. The summed E-state index contributed by atoms with van der Waals surface area (Å²) in [6.07, 6.45) is 2.93. The van der Waals surface area contributed by atoms with Crippen LogP contribution in [0, 0.1) is 6.92 Å². The molecule has 0 aliphatic rings. The van der Waals surface area contributed by atoms with Gasteiger partial charge in [-0.2, -0.15) is 0 Å². The van der Waals surface area contributed by atoms with Gasteiger partial charge in [0.15, 0.2) is 0 Å². The first-order valence-corrected chi connectivity index (χ1v) is 11.9. The van der Waals surface area contributed by atoms with E-state index in [1.807, 2.05) is 55.5 Å². The van der Waals surface area contributed by atoms with Crippen LogP contribution in [0.15, 0.2) is 66.7 Å². The molecule has 0 atom stereocenters. The van der Waals surface area contributed by atoms with E-state index >= 15 is 0 Å². The van der Waals surface area contributed by atoms with Crippen molar-refractivity contribution in [1.82, 2.24) is 4.98 Å². The number of aromatic carboxylic acids is 1. The first-order chi connectivity index (χ1) is 16.9. The number of rotatable bonds is 9. The van der Waals surface area contributed by atoms with E-state index in [9.17, 15) is 19.8 Å². The van der Waals surface area contributed by atoms with Crippen LogP contribution in [0.5, 0.6) is 0 Å². The number of benzene rings is 3.